The van der Waals surface area contributed by atoms with Gasteiger partial charge in [0.25, 0.3) is 0 Å². The Morgan fingerprint density at radius 2 is 1.81 bits per heavy atom. The number of aromatic amines is 1. The van der Waals surface area contributed by atoms with Crippen LogP contribution in [0, 0.1) is 17.8 Å². The normalized spacial score (nSPS) is 32.2. The molecule has 0 radical (unpaired) electrons. The van der Waals surface area contributed by atoms with E-state index in [0.717, 1.165) is 30.7 Å². The van der Waals surface area contributed by atoms with Crippen LogP contribution in [0.5, 0.6) is 0 Å². The number of benzene rings is 1. The molecule has 4 aliphatic rings. The molecule has 138 valence electrons. The molecule has 4 bridgehead atoms. The molecule has 0 unspecified atom stereocenters. The molecule has 4 fully saturated rings. The Balaban J connectivity index is 1.12. The first-order chi connectivity index (χ1) is 12.7. The van der Waals surface area contributed by atoms with Gasteiger partial charge in [0.05, 0.1) is 5.75 Å². The fraction of sp³-hybridized carbons (Fsp3) is 0.591. The number of rotatable bonds is 6. The van der Waals surface area contributed by atoms with Crippen LogP contribution in [0.3, 0.4) is 0 Å². The van der Waals surface area contributed by atoms with E-state index in [4.69, 9.17) is 0 Å². The molecule has 2 N–H and O–H groups in total. The van der Waals surface area contributed by atoms with Crippen LogP contribution in [-0.4, -0.2) is 27.9 Å². The summed E-state index contributed by atoms with van der Waals surface area (Å²) in [4.78, 5) is 15.7. The van der Waals surface area contributed by atoms with Crippen molar-refractivity contribution in [2.75, 3.05) is 12.3 Å². The van der Waals surface area contributed by atoms with E-state index in [1.807, 2.05) is 17.8 Å². The number of hydrogen-bond donors (Lipinski definition) is 2. The summed E-state index contributed by atoms with van der Waals surface area (Å²) in [5.74, 6) is 3.72. The van der Waals surface area contributed by atoms with Crippen molar-refractivity contribution >= 4 is 28.6 Å². The van der Waals surface area contributed by atoms with E-state index in [1.165, 1.54) is 55.0 Å². The Labute approximate surface area is 159 Å². The molecule has 2 aromatic rings. The summed E-state index contributed by atoms with van der Waals surface area (Å²) in [7, 11) is 0. The summed E-state index contributed by atoms with van der Waals surface area (Å²) >= 11 is 1.97. The van der Waals surface area contributed by atoms with E-state index >= 15 is 0 Å². The van der Waals surface area contributed by atoms with Crippen molar-refractivity contribution in [1.29, 1.82) is 0 Å². The number of carbonyl (C=O) groups is 1. The highest BCUT2D eigenvalue weighted by Crippen LogP contribution is 2.60. The van der Waals surface area contributed by atoms with Gasteiger partial charge in [-0.25, -0.2) is 0 Å². The molecule has 4 saturated carbocycles. The first-order valence-electron chi connectivity index (χ1n) is 10.1. The molecule has 1 aromatic carbocycles. The molecule has 6 rings (SSSR count). The highest BCUT2D eigenvalue weighted by molar-refractivity contribution is 8.01. The molecular weight excluding hydrogens is 340 g/mol. The van der Waals surface area contributed by atoms with Crippen LogP contribution in [0.1, 0.15) is 44.1 Å². The predicted molar refractivity (Wildman–Crippen MR) is 108 cm³/mol. The molecule has 1 aromatic heterocycles. The molecule has 26 heavy (non-hydrogen) atoms. The predicted octanol–water partition coefficient (Wildman–Crippen LogP) is 4.53. The standard InChI is InChI=1S/C22H28N2OS/c25-21(23-6-5-18-13-24-20-4-2-1-3-19(18)20)14-26-22-10-15-7-16(11-22)9-17(8-15)12-22/h1-4,13,15-17,24H,5-12,14H2,(H,23,25). The third-order valence-corrected chi connectivity index (χ3v) is 8.40. The number of hydrogen-bond acceptors (Lipinski definition) is 2. The molecule has 0 saturated heterocycles. The summed E-state index contributed by atoms with van der Waals surface area (Å²) in [6.07, 6.45) is 11.5. The van der Waals surface area contributed by atoms with E-state index in [9.17, 15) is 4.79 Å². The van der Waals surface area contributed by atoms with Gasteiger partial charge in [0.2, 0.25) is 5.91 Å². The van der Waals surface area contributed by atoms with E-state index in [1.54, 1.807) is 0 Å². The van der Waals surface area contributed by atoms with Crippen molar-refractivity contribution in [3.8, 4) is 0 Å². The van der Waals surface area contributed by atoms with Gasteiger partial charge < -0.3 is 10.3 Å². The Kier molecular flexibility index (Phi) is 4.27. The number of fused-ring (bicyclic) bond motifs is 1. The van der Waals surface area contributed by atoms with Crippen molar-refractivity contribution in [2.24, 2.45) is 17.8 Å². The second kappa shape index (κ2) is 6.63. The second-order valence-electron chi connectivity index (χ2n) is 8.85. The third kappa shape index (κ3) is 3.17. The minimum atomic E-state index is 0.214. The first-order valence-corrected chi connectivity index (χ1v) is 11.1. The molecule has 0 aliphatic heterocycles. The summed E-state index contributed by atoms with van der Waals surface area (Å²) < 4.78 is 0.433. The maximum Gasteiger partial charge on any atom is 0.230 e. The van der Waals surface area contributed by atoms with E-state index in [2.05, 4.69) is 34.7 Å². The van der Waals surface area contributed by atoms with Crippen LogP contribution in [-0.2, 0) is 11.2 Å². The lowest BCUT2D eigenvalue weighted by Crippen LogP contribution is -2.49. The van der Waals surface area contributed by atoms with Crippen molar-refractivity contribution in [2.45, 2.75) is 49.7 Å². The van der Waals surface area contributed by atoms with Gasteiger partial charge in [-0.1, -0.05) is 18.2 Å². The molecule has 0 atom stereocenters. The van der Waals surface area contributed by atoms with Crippen LogP contribution < -0.4 is 5.32 Å². The molecular formula is C22H28N2OS. The number of carbonyl (C=O) groups excluding carboxylic acids is 1. The Morgan fingerprint density at radius 1 is 1.12 bits per heavy atom. The summed E-state index contributed by atoms with van der Waals surface area (Å²) in [5.41, 5.74) is 2.46. The fourth-order valence-corrected chi connectivity index (χ4v) is 7.75. The lowest BCUT2D eigenvalue weighted by molar-refractivity contribution is -0.118. The topological polar surface area (TPSA) is 44.9 Å². The van der Waals surface area contributed by atoms with Crippen molar-refractivity contribution < 1.29 is 4.79 Å². The van der Waals surface area contributed by atoms with Crippen molar-refractivity contribution in [1.82, 2.24) is 10.3 Å². The first kappa shape index (κ1) is 16.7. The van der Waals surface area contributed by atoms with Gasteiger partial charge >= 0.3 is 0 Å². The zero-order valence-corrected chi connectivity index (χ0v) is 16.1. The number of aromatic nitrogens is 1. The molecule has 1 amide bonds. The van der Waals surface area contributed by atoms with Gasteiger partial charge in [0.15, 0.2) is 0 Å². The van der Waals surface area contributed by atoms with Gasteiger partial charge in [-0.3, -0.25) is 4.79 Å². The van der Waals surface area contributed by atoms with Gasteiger partial charge in [0.1, 0.15) is 0 Å². The van der Waals surface area contributed by atoms with Gasteiger partial charge in [-0.05, 0) is 74.3 Å². The van der Waals surface area contributed by atoms with Gasteiger partial charge in [-0.15, -0.1) is 11.8 Å². The number of para-hydroxylation sites is 1. The number of thioether (sulfide) groups is 1. The molecule has 3 nitrogen and oxygen atoms in total. The largest absolute Gasteiger partial charge is 0.361 e. The van der Waals surface area contributed by atoms with Crippen LogP contribution in [0.25, 0.3) is 10.9 Å². The maximum atomic E-state index is 12.4. The van der Waals surface area contributed by atoms with Gasteiger partial charge in [-0.2, -0.15) is 0 Å². The molecule has 0 spiro atoms. The quantitative estimate of drug-likeness (QED) is 0.787. The summed E-state index contributed by atoms with van der Waals surface area (Å²) in [6, 6.07) is 8.36. The highest BCUT2D eigenvalue weighted by Gasteiger charge is 2.51. The smallest absolute Gasteiger partial charge is 0.230 e. The lowest BCUT2D eigenvalue weighted by atomic mass is 9.56. The SMILES string of the molecule is O=C(CSC12CC3CC(CC(C3)C1)C2)NCCc1c[nH]c2ccccc12. The van der Waals surface area contributed by atoms with E-state index in [0.29, 0.717) is 10.5 Å². The summed E-state index contributed by atoms with van der Waals surface area (Å²) in [6.45, 7) is 0.724. The minimum Gasteiger partial charge on any atom is -0.361 e. The minimum absolute atomic E-state index is 0.214. The average Bonchev–Trinajstić information content (AvgIpc) is 3.02. The number of amides is 1. The van der Waals surface area contributed by atoms with Crippen LogP contribution in [0.4, 0.5) is 0 Å². The third-order valence-electron chi connectivity index (χ3n) is 6.88. The summed E-state index contributed by atoms with van der Waals surface area (Å²) in [5, 5.41) is 4.41. The Hall–Kier alpha value is -1.42. The number of H-pyrrole nitrogens is 1. The fourth-order valence-electron chi connectivity index (χ4n) is 6.15. The van der Waals surface area contributed by atoms with Crippen molar-refractivity contribution in [3.05, 3.63) is 36.0 Å². The van der Waals surface area contributed by atoms with E-state index < -0.39 is 0 Å². The lowest BCUT2D eigenvalue weighted by Gasteiger charge is -2.56. The maximum absolute atomic E-state index is 12.4. The Bertz CT molecular complexity index is 776. The number of nitrogens with one attached hydrogen (secondary N) is 2. The highest BCUT2D eigenvalue weighted by atomic mass is 32.2. The second-order valence-corrected chi connectivity index (χ2v) is 10.3. The molecule has 4 heteroatoms. The van der Waals surface area contributed by atoms with Gasteiger partial charge in [0, 0.05) is 28.4 Å². The average molecular weight is 369 g/mol. The monoisotopic (exact) mass is 368 g/mol. The molecule has 4 aliphatic carbocycles. The Morgan fingerprint density at radius 3 is 2.54 bits per heavy atom. The zero-order chi connectivity index (χ0) is 17.6. The van der Waals surface area contributed by atoms with Crippen LogP contribution >= 0.6 is 11.8 Å². The van der Waals surface area contributed by atoms with Crippen LogP contribution in [0.2, 0.25) is 0 Å². The molecule has 1 heterocycles. The van der Waals surface area contributed by atoms with Crippen LogP contribution in [0.15, 0.2) is 30.5 Å². The zero-order valence-electron chi connectivity index (χ0n) is 15.3. The van der Waals surface area contributed by atoms with E-state index in [-0.39, 0.29) is 5.91 Å². The van der Waals surface area contributed by atoms with Crippen molar-refractivity contribution in [3.63, 3.8) is 0 Å².